The van der Waals surface area contributed by atoms with E-state index < -0.39 is 11.2 Å². The van der Waals surface area contributed by atoms with E-state index in [2.05, 4.69) is 16.0 Å². The predicted molar refractivity (Wildman–Crippen MR) is 188 cm³/mol. The average Bonchev–Trinajstić information content (AvgIpc) is 3.07. The second-order valence-corrected chi connectivity index (χ2v) is 12.1. The van der Waals surface area contributed by atoms with Gasteiger partial charge in [-0.3, -0.25) is 14.4 Å². The van der Waals surface area contributed by atoms with Crippen molar-refractivity contribution in [1.82, 2.24) is 5.32 Å². The molecule has 0 radical (unpaired) electrons. The van der Waals surface area contributed by atoms with Crippen molar-refractivity contribution in [2.75, 3.05) is 10.6 Å². The van der Waals surface area contributed by atoms with Crippen molar-refractivity contribution in [2.45, 2.75) is 30.9 Å². The van der Waals surface area contributed by atoms with E-state index in [0.717, 1.165) is 38.4 Å². The maximum Gasteiger partial charge on any atom is 0.272 e. The third-order valence-corrected chi connectivity index (χ3v) is 8.63. The van der Waals surface area contributed by atoms with Crippen LogP contribution in [0.2, 0.25) is 0 Å². The van der Waals surface area contributed by atoms with Gasteiger partial charge in [0.2, 0.25) is 5.91 Å². The smallest absolute Gasteiger partial charge is 0.272 e. The molecule has 0 aliphatic heterocycles. The zero-order chi connectivity index (χ0) is 32.5. The lowest BCUT2D eigenvalue weighted by Gasteiger charge is -2.18. The molecule has 0 heterocycles. The first-order valence-corrected chi connectivity index (χ1v) is 15.8. The van der Waals surface area contributed by atoms with Crippen molar-refractivity contribution in [3.63, 3.8) is 0 Å². The first-order valence-electron chi connectivity index (χ1n) is 14.9. The number of nitrogens with one attached hydrogen (secondary N) is 3. The number of amides is 3. The topological polar surface area (TPSA) is 87.3 Å². The van der Waals surface area contributed by atoms with Gasteiger partial charge in [0.25, 0.3) is 11.8 Å². The minimum Gasteiger partial charge on any atom is -0.325 e. The fourth-order valence-corrected chi connectivity index (χ4v) is 5.88. The highest BCUT2D eigenvalue weighted by Gasteiger charge is 2.23. The van der Waals surface area contributed by atoms with Crippen LogP contribution in [-0.4, -0.2) is 17.7 Å². The van der Waals surface area contributed by atoms with E-state index in [1.54, 1.807) is 42.5 Å². The van der Waals surface area contributed by atoms with Gasteiger partial charge in [-0.25, -0.2) is 0 Å². The fourth-order valence-electron chi connectivity index (χ4n) is 4.85. The summed E-state index contributed by atoms with van der Waals surface area (Å²) < 4.78 is 0. The van der Waals surface area contributed by atoms with E-state index in [1.165, 1.54) is 11.8 Å². The standard InChI is InChI=1S/C39H35N3O3S/c1-26-18-23-34(28(3)24-26)41-39(45)36(29-13-6-4-7-14-29)46-33-21-19-32(20-22-33)40-38(44)35(25-31-17-11-10-12-27(31)2)42-37(43)30-15-8-5-9-16-30/h4-25,36H,1-3H3,(H,40,44)(H,41,45)(H,42,43)/b35-25-. The molecular formula is C39H35N3O3S. The summed E-state index contributed by atoms with van der Waals surface area (Å²) >= 11 is 1.43. The van der Waals surface area contributed by atoms with Crippen LogP contribution in [0.25, 0.3) is 6.08 Å². The van der Waals surface area contributed by atoms with Gasteiger partial charge in [-0.1, -0.05) is 90.5 Å². The van der Waals surface area contributed by atoms with E-state index in [4.69, 9.17) is 0 Å². The number of benzene rings is 5. The number of hydrogen-bond acceptors (Lipinski definition) is 4. The Morgan fingerprint density at radius 2 is 1.33 bits per heavy atom. The number of thioether (sulfide) groups is 1. The molecule has 5 aromatic carbocycles. The molecule has 0 saturated carbocycles. The van der Waals surface area contributed by atoms with Crippen molar-refractivity contribution >= 4 is 46.9 Å². The number of rotatable bonds is 10. The number of aryl methyl sites for hydroxylation is 3. The molecule has 5 aromatic rings. The quantitative estimate of drug-likeness (QED) is 0.107. The molecule has 1 atom stereocenters. The normalized spacial score (nSPS) is 11.8. The molecule has 0 aliphatic rings. The maximum atomic E-state index is 13.6. The largest absolute Gasteiger partial charge is 0.325 e. The Bertz CT molecular complexity index is 1870. The first-order chi connectivity index (χ1) is 22.3. The summed E-state index contributed by atoms with van der Waals surface area (Å²) in [7, 11) is 0. The molecule has 46 heavy (non-hydrogen) atoms. The van der Waals surface area contributed by atoms with Crippen molar-refractivity contribution in [2.24, 2.45) is 0 Å². The van der Waals surface area contributed by atoms with Gasteiger partial charge in [-0.05, 0) is 91.6 Å². The van der Waals surface area contributed by atoms with Gasteiger partial charge in [0.05, 0.1) is 0 Å². The summed E-state index contributed by atoms with van der Waals surface area (Å²) in [5, 5.41) is 8.29. The Labute approximate surface area is 274 Å². The van der Waals surface area contributed by atoms with Crippen LogP contribution in [0.4, 0.5) is 11.4 Å². The van der Waals surface area contributed by atoms with Crippen molar-refractivity contribution < 1.29 is 14.4 Å². The van der Waals surface area contributed by atoms with Crippen LogP contribution >= 0.6 is 11.8 Å². The van der Waals surface area contributed by atoms with Crippen molar-refractivity contribution in [3.05, 3.63) is 166 Å². The second kappa shape index (κ2) is 15.1. The first kappa shape index (κ1) is 32.0. The molecule has 0 fully saturated rings. The Balaban J connectivity index is 1.33. The highest BCUT2D eigenvalue weighted by Crippen LogP contribution is 2.37. The molecule has 0 spiro atoms. The van der Waals surface area contributed by atoms with Crippen LogP contribution < -0.4 is 16.0 Å². The minimum atomic E-state index is -0.501. The summed E-state index contributed by atoms with van der Waals surface area (Å²) in [6, 6.07) is 39.3. The summed E-state index contributed by atoms with van der Waals surface area (Å²) in [5.74, 6) is -0.961. The zero-order valence-electron chi connectivity index (χ0n) is 25.9. The fraction of sp³-hybridized carbons (Fsp3) is 0.103. The molecule has 230 valence electrons. The SMILES string of the molecule is Cc1ccc(NC(=O)C(Sc2ccc(NC(=O)/C(=C/c3ccccc3C)NC(=O)c3ccccc3)cc2)c2ccccc2)c(C)c1. The number of anilines is 2. The molecule has 3 N–H and O–H groups in total. The molecular weight excluding hydrogens is 591 g/mol. The van der Waals surface area contributed by atoms with Gasteiger partial charge in [-0.15, -0.1) is 11.8 Å². The molecule has 0 aromatic heterocycles. The highest BCUT2D eigenvalue weighted by molar-refractivity contribution is 8.00. The van der Waals surface area contributed by atoms with Crippen LogP contribution in [0, 0.1) is 20.8 Å². The molecule has 7 heteroatoms. The molecule has 6 nitrogen and oxygen atoms in total. The Kier molecular flexibility index (Phi) is 10.5. The number of carbonyl (C=O) groups is 3. The summed E-state index contributed by atoms with van der Waals surface area (Å²) in [5.41, 5.74) is 6.70. The van der Waals surface area contributed by atoms with Gasteiger partial charge < -0.3 is 16.0 Å². The van der Waals surface area contributed by atoms with Crippen LogP contribution in [-0.2, 0) is 9.59 Å². The Morgan fingerprint density at radius 1 is 0.674 bits per heavy atom. The van der Waals surface area contributed by atoms with Crippen LogP contribution in [0.3, 0.4) is 0 Å². The maximum absolute atomic E-state index is 13.6. The number of carbonyl (C=O) groups excluding carboxylic acids is 3. The van der Waals surface area contributed by atoms with E-state index >= 15 is 0 Å². The van der Waals surface area contributed by atoms with Crippen LogP contribution in [0.15, 0.2) is 138 Å². The van der Waals surface area contributed by atoms with Crippen molar-refractivity contribution in [1.29, 1.82) is 0 Å². The summed E-state index contributed by atoms with van der Waals surface area (Å²) in [4.78, 5) is 40.9. The van der Waals surface area contributed by atoms with E-state index in [-0.39, 0.29) is 17.5 Å². The third kappa shape index (κ3) is 8.40. The summed E-state index contributed by atoms with van der Waals surface area (Å²) in [6.45, 7) is 5.95. The van der Waals surface area contributed by atoms with Crippen molar-refractivity contribution in [3.8, 4) is 0 Å². The van der Waals surface area contributed by atoms with E-state index in [9.17, 15) is 14.4 Å². The lowest BCUT2D eigenvalue weighted by Crippen LogP contribution is -2.30. The lowest BCUT2D eigenvalue weighted by atomic mass is 10.1. The summed E-state index contributed by atoms with van der Waals surface area (Å²) in [6.07, 6.45) is 1.68. The van der Waals surface area contributed by atoms with Gasteiger partial charge >= 0.3 is 0 Å². The Hall–Kier alpha value is -5.40. The average molecular weight is 626 g/mol. The zero-order valence-corrected chi connectivity index (χ0v) is 26.7. The Morgan fingerprint density at radius 3 is 2.00 bits per heavy atom. The third-order valence-electron chi connectivity index (χ3n) is 7.36. The lowest BCUT2D eigenvalue weighted by molar-refractivity contribution is -0.116. The highest BCUT2D eigenvalue weighted by atomic mass is 32.2. The molecule has 1 unspecified atom stereocenters. The van der Waals surface area contributed by atoms with Gasteiger partial charge in [-0.2, -0.15) is 0 Å². The number of hydrogen-bond donors (Lipinski definition) is 3. The minimum absolute atomic E-state index is 0.119. The predicted octanol–water partition coefficient (Wildman–Crippen LogP) is 8.49. The molecule has 5 rings (SSSR count). The molecule has 0 saturated heterocycles. The van der Waals surface area contributed by atoms with Crippen LogP contribution in [0.1, 0.15) is 43.4 Å². The van der Waals surface area contributed by atoms with Crippen LogP contribution in [0.5, 0.6) is 0 Å². The molecule has 0 aliphatic carbocycles. The van der Waals surface area contributed by atoms with E-state index in [1.807, 2.05) is 112 Å². The molecule has 0 bridgehead atoms. The molecule has 3 amide bonds. The van der Waals surface area contributed by atoms with Gasteiger partial charge in [0.1, 0.15) is 10.9 Å². The van der Waals surface area contributed by atoms with Gasteiger partial charge in [0.15, 0.2) is 0 Å². The van der Waals surface area contributed by atoms with E-state index in [0.29, 0.717) is 11.3 Å². The second-order valence-electron chi connectivity index (χ2n) is 10.9. The monoisotopic (exact) mass is 625 g/mol. The van der Waals surface area contributed by atoms with Gasteiger partial charge in [0, 0.05) is 21.8 Å².